The minimum atomic E-state index is -0.399. The van der Waals surface area contributed by atoms with Crippen molar-refractivity contribution in [3.8, 4) is 5.75 Å². The molecule has 0 atom stereocenters. The first kappa shape index (κ1) is 16.0. The van der Waals surface area contributed by atoms with Crippen molar-refractivity contribution in [1.82, 2.24) is 4.90 Å². The van der Waals surface area contributed by atoms with Gasteiger partial charge in [-0.1, -0.05) is 0 Å². The van der Waals surface area contributed by atoms with Gasteiger partial charge in [-0.05, 0) is 18.9 Å². The molecule has 1 aromatic carbocycles. The van der Waals surface area contributed by atoms with Gasteiger partial charge < -0.3 is 14.4 Å². The van der Waals surface area contributed by atoms with Gasteiger partial charge in [0, 0.05) is 38.8 Å². The van der Waals surface area contributed by atoms with Crippen molar-refractivity contribution < 1.29 is 14.4 Å². The predicted octanol–water partition coefficient (Wildman–Crippen LogP) is 1.90. The molecule has 7 heteroatoms. The quantitative estimate of drug-likeness (QED) is 0.564. The number of hydrogen-bond acceptors (Lipinski definition) is 6. The van der Waals surface area contributed by atoms with Crippen molar-refractivity contribution in [2.45, 2.75) is 18.9 Å². The van der Waals surface area contributed by atoms with Crippen molar-refractivity contribution >= 4 is 11.4 Å². The zero-order valence-corrected chi connectivity index (χ0v) is 13.4. The normalized spacial score (nSPS) is 18.9. The van der Waals surface area contributed by atoms with Gasteiger partial charge in [-0.25, -0.2) is 0 Å². The molecular formula is C16H23N3O4. The van der Waals surface area contributed by atoms with Crippen LogP contribution >= 0.6 is 0 Å². The van der Waals surface area contributed by atoms with E-state index >= 15 is 0 Å². The Kier molecular flexibility index (Phi) is 4.97. The number of hydrogen-bond donors (Lipinski definition) is 0. The fourth-order valence-electron chi connectivity index (χ4n) is 2.84. The van der Waals surface area contributed by atoms with Crippen LogP contribution in [0.5, 0.6) is 5.75 Å². The van der Waals surface area contributed by atoms with Crippen LogP contribution in [0.25, 0.3) is 0 Å². The Labute approximate surface area is 135 Å². The minimum absolute atomic E-state index is 0.0569. The minimum Gasteiger partial charge on any atom is -0.494 e. The van der Waals surface area contributed by atoms with Gasteiger partial charge in [0.05, 0.1) is 36.5 Å². The maximum Gasteiger partial charge on any atom is 0.273 e. The lowest BCUT2D eigenvalue weighted by molar-refractivity contribution is -0.384. The number of piperazine rings is 1. The first-order chi connectivity index (χ1) is 11.2. The van der Waals surface area contributed by atoms with Crippen molar-refractivity contribution in [3.05, 3.63) is 28.3 Å². The van der Waals surface area contributed by atoms with Crippen LogP contribution in [0.4, 0.5) is 11.4 Å². The van der Waals surface area contributed by atoms with E-state index in [0.29, 0.717) is 11.9 Å². The summed E-state index contributed by atoms with van der Waals surface area (Å²) in [6.45, 7) is 5.49. The lowest BCUT2D eigenvalue weighted by Crippen LogP contribution is -2.47. The topological polar surface area (TPSA) is 68.1 Å². The number of ether oxygens (including phenoxy) is 2. The molecule has 23 heavy (non-hydrogen) atoms. The number of nitro benzene ring substituents is 1. The molecule has 1 saturated heterocycles. The Balaban J connectivity index is 1.55. The van der Waals surface area contributed by atoms with Crippen LogP contribution in [0, 0.1) is 10.1 Å². The van der Waals surface area contributed by atoms with Crippen LogP contribution in [0.3, 0.4) is 0 Å². The molecule has 126 valence electrons. The summed E-state index contributed by atoms with van der Waals surface area (Å²) in [5.74, 6) is 0.560. The molecule has 0 radical (unpaired) electrons. The molecule has 0 aromatic heterocycles. The van der Waals surface area contributed by atoms with Crippen LogP contribution in [-0.2, 0) is 4.74 Å². The highest BCUT2D eigenvalue weighted by molar-refractivity contribution is 5.62. The first-order valence-electron chi connectivity index (χ1n) is 8.08. The van der Waals surface area contributed by atoms with Crippen LogP contribution < -0.4 is 9.64 Å². The molecule has 1 saturated carbocycles. The van der Waals surface area contributed by atoms with E-state index in [4.69, 9.17) is 9.47 Å². The second-order valence-electron chi connectivity index (χ2n) is 6.01. The number of methoxy groups -OCH3 is 1. The zero-order chi connectivity index (χ0) is 16.2. The number of nitrogens with zero attached hydrogens (tertiary/aromatic N) is 3. The second-order valence-corrected chi connectivity index (χ2v) is 6.01. The van der Waals surface area contributed by atoms with Crippen molar-refractivity contribution in [3.63, 3.8) is 0 Å². The molecule has 0 unspecified atom stereocenters. The summed E-state index contributed by atoms with van der Waals surface area (Å²) in [5.41, 5.74) is 0.980. The molecule has 0 N–H and O–H groups in total. The molecule has 1 heterocycles. The number of rotatable bonds is 7. The molecule has 1 aliphatic carbocycles. The third kappa shape index (κ3) is 4.11. The highest BCUT2D eigenvalue weighted by Gasteiger charge is 2.24. The summed E-state index contributed by atoms with van der Waals surface area (Å²) in [6.07, 6.45) is 2.95. The number of anilines is 1. The second kappa shape index (κ2) is 7.14. The fourth-order valence-corrected chi connectivity index (χ4v) is 2.84. The molecule has 2 fully saturated rings. The van der Waals surface area contributed by atoms with Crippen LogP contribution in [-0.4, -0.2) is 62.4 Å². The predicted molar refractivity (Wildman–Crippen MR) is 87.3 cm³/mol. The van der Waals surface area contributed by atoms with Gasteiger partial charge in [0.25, 0.3) is 5.69 Å². The van der Waals surface area contributed by atoms with Gasteiger partial charge in [0.15, 0.2) is 0 Å². The van der Waals surface area contributed by atoms with E-state index in [2.05, 4.69) is 9.80 Å². The van der Waals surface area contributed by atoms with E-state index in [-0.39, 0.29) is 5.69 Å². The number of benzene rings is 1. The van der Waals surface area contributed by atoms with Crippen molar-refractivity contribution in [2.75, 3.05) is 51.3 Å². The zero-order valence-electron chi connectivity index (χ0n) is 13.4. The van der Waals surface area contributed by atoms with Crippen LogP contribution in [0.15, 0.2) is 18.2 Å². The largest absolute Gasteiger partial charge is 0.494 e. The Hall–Kier alpha value is -1.86. The van der Waals surface area contributed by atoms with Crippen molar-refractivity contribution in [1.29, 1.82) is 0 Å². The van der Waals surface area contributed by atoms with Gasteiger partial charge in [-0.2, -0.15) is 0 Å². The maximum absolute atomic E-state index is 10.9. The highest BCUT2D eigenvalue weighted by Crippen LogP contribution is 2.32. The summed E-state index contributed by atoms with van der Waals surface area (Å²) in [5, 5.41) is 10.9. The van der Waals surface area contributed by atoms with E-state index < -0.39 is 4.92 Å². The third-order valence-corrected chi connectivity index (χ3v) is 4.37. The smallest absolute Gasteiger partial charge is 0.273 e. The summed E-state index contributed by atoms with van der Waals surface area (Å²) >= 11 is 0. The van der Waals surface area contributed by atoms with E-state index in [1.54, 1.807) is 13.2 Å². The van der Waals surface area contributed by atoms with Gasteiger partial charge in [0.1, 0.15) is 5.75 Å². The van der Waals surface area contributed by atoms with E-state index in [0.717, 1.165) is 45.0 Å². The Morgan fingerprint density at radius 2 is 2.00 bits per heavy atom. The molecule has 2 aliphatic rings. The van der Waals surface area contributed by atoms with Gasteiger partial charge in [-0.3, -0.25) is 15.0 Å². The van der Waals surface area contributed by atoms with Gasteiger partial charge in [-0.15, -0.1) is 0 Å². The van der Waals surface area contributed by atoms with Gasteiger partial charge >= 0.3 is 0 Å². The summed E-state index contributed by atoms with van der Waals surface area (Å²) in [6, 6.07) is 4.81. The lowest BCUT2D eigenvalue weighted by atomic mass is 10.2. The van der Waals surface area contributed by atoms with E-state index in [9.17, 15) is 10.1 Å². The fraction of sp³-hybridized carbons (Fsp3) is 0.625. The monoisotopic (exact) mass is 321 g/mol. The van der Waals surface area contributed by atoms with Crippen molar-refractivity contribution in [2.24, 2.45) is 0 Å². The molecule has 0 spiro atoms. The number of nitro groups is 1. The van der Waals surface area contributed by atoms with Gasteiger partial charge in [0.2, 0.25) is 0 Å². The molecular weight excluding hydrogens is 298 g/mol. The van der Waals surface area contributed by atoms with E-state index in [1.807, 2.05) is 0 Å². The first-order valence-corrected chi connectivity index (χ1v) is 8.08. The Morgan fingerprint density at radius 1 is 1.26 bits per heavy atom. The maximum atomic E-state index is 10.9. The molecule has 3 rings (SSSR count). The third-order valence-electron chi connectivity index (χ3n) is 4.37. The SMILES string of the molecule is COc1cc([N+](=O)[O-])ccc1N1CCN(CCOC2CC2)CC1. The average Bonchev–Trinajstić information content (AvgIpc) is 3.39. The molecule has 7 nitrogen and oxygen atoms in total. The highest BCUT2D eigenvalue weighted by atomic mass is 16.6. The molecule has 1 aliphatic heterocycles. The molecule has 0 bridgehead atoms. The average molecular weight is 321 g/mol. The van der Waals surface area contributed by atoms with E-state index in [1.165, 1.54) is 25.0 Å². The summed E-state index contributed by atoms with van der Waals surface area (Å²) in [7, 11) is 1.55. The Morgan fingerprint density at radius 3 is 2.61 bits per heavy atom. The van der Waals surface area contributed by atoms with Crippen LogP contribution in [0.1, 0.15) is 12.8 Å². The number of non-ortho nitro benzene ring substituents is 1. The van der Waals surface area contributed by atoms with Crippen LogP contribution in [0.2, 0.25) is 0 Å². The summed E-state index contributed by atoms with van der Waals surface area (Å²) < 4.78 is 11.0. The molecule has 0 amide bonds. The molecule has 1 aromatic rings. The lowest BCUT2D eigenvalue weighted by Gasteiger charge is -2.36. The Bertz CT molecular complexity index is 554. The standard InChI is InChI=1S/C16H23N3O4/c1-22-16-12-13(19(20)21)2-5-15(16)18-8-6-17(7-9-18)10-11-23-14-3-4-14/h2,5,12,14H,3-4,6-11H2,1H3. The summed E-state index contributed by atoms with van der Waals surface area (Å²) in [4.78, 5) is 15.1.